The topological polar surface area (TPSA) is 52.6 Å². The lowest BCUT2D eigenvalue weighted by molar-refractivity contribution is 0.251. The van der Waals surface area contributed by atoms with Crippen molar-refractivity contribution in [1.29, 1.82) is 0 Å². The predicted octanol–water partition coefficient (Wildman–Crippen LogP) is 4.60. The van der Waals surface area contributed by atoms with E-state index < -0.39 is 0 Å². The number of nitrogens with zero attached hydrogens (tertiary/aromatic N) is 3. The van der Waals surface area contributed by atoms with Gasteiger partial charge in [-0.15, -0.1) is 0 Å². The first-order valence-corrected chi connectivity index (χ1v) is 10.6. The molecule has 160 valence electrons. The molecule has 1 aromatic carbocycles. The summed E-state index contributed by atoms with van der Waals surface area (Å²) in [7, 11) is 3.96. The van der Waals surface area contributed by atoms with Crippen molar-refractivity contribution in [2.45, 2.75) is 40.2 Å². The number of hydrogen-bond donors (Lipinski definition) is 2. The highest BCUT2D eigenvalue weighted by Crippen LogP contribution is 2.16. The number of hydrogen-bond acceptors (Lipinski definition) is 5. The monoisotopic (exact) mass is 405 g/mol. The minimum absolute atomic E-state index is 0.826. The van der Waals surface area contributed by atoms with Crippen LogP contribution in [-0.2, 0) is 13.0 Å². The number of hydrazine groups is 1. The molecular weight excluding hydrogens is 370 g/mol. The molecule has 0 radical (unpaired) electrons. The van der Waals surface area contributed by atoms with Crippen LogP contribution in [0.15, 0.2) is 71.3 Å². The predicted molar refractivity (Wildman–Crippen MR) is 128 cm³/mol. The highest BCUT2D eigenvalue weighted by atomic mass is 15.5. The maximum absolute atomic E-state index is 4.82. The van der Waals surface area contributed by atoms with Crippen LogP contribution in [0.3, 0.4) is 0 Å². The fourth-order valence-electron chi connectivity index (χ4n) is 3.00. The Balaban J connectivity index is 2.10. The molecule has 2 aromatic rings. The van der Waals surface area contributed by atoms with Crippen molar-refractivity contribution in [3.05, 3.63) is 83.0 Å². The lowest BCUT2D eigenvalue weighted by Gasteiger charge is -2.15. The Hall–Kier alpha value is -2.76. The summed E-state index contributed by atoms with van der Waals surface area (Å²) in [6.07, 6.45) is 9.67. The smallest absolute Gasteiger partial charge is 0.124 e. The second-order valence-electron chi connectivity index (χ2n) is 7.30. The first-order valence-electron chi connectivity index (χ1n) is 10.6. The zero-order valence-electron chi connectivity index (χ0n) is 18.9. The molecule has 5 heteroatoms. The van der Waals surface area contributed by atoms with Crippen molar-refractivity contribution >= 4 is 11.8 Å². The van der Waals surface area contributed by atoms with Crippen molar-refractivity contribution in [1.82, 2.24) is 20.7 Å². The van der Waals surface area contributed by atoms with Gasteiger partial charge in [0.1, 0.15) is 5.82 Å². The molecule has 0 saturated heterocycles. The third kappa shape index (κ3) is 7.58. The molecule has 0 amide bonds. The van der Waals surface area contributed by atoms with Crippen LogP contribution in [0.1, 0.15) is 43.9 Å². The fourth-order valence-corrected chi connectivity index (χ4v) is 3.00. The van der Waals surface area contributed by atoms with Gasteiger partial charge in [-0.05, 0) is 73.7 Å². The van der Waals surface area contributed by atoms with Crippen LogP contribution in [0.4, 0.5) is 0 Å². The molecule has 1 aromatic heterocycles. The van der Waals surface area contributed by atoms with E-state index in [1.807, 2.05) is 32.6 Å². The van der Waals surface area contributed by atoms with Crippen LogP contribution in [0.25, 0.3) is 5.57 Å². The number of allylic oxidation sites excluding steroid dienone is 3. The Kier molecular flexibility index (Phi) is 9.98. The SMILES string of the molecule is C\C=C(/C=N/C(NCCc1cccnc1)=C(\C)CC)c1cccc(CN(C)NC)c1. The Morgan fingerprint density at radius 3 is 2.67 bits per heavy atom. The summed E-state index contributed by atoms with van der Waals surface area (Å²) in [6, 6.07) is 12.7. The van der Waals surface area contributed by atoms with Crippen molar-refractivity contribution in [3.63, 3.8) is 0 Å². The van der Waals surface area contributed by atoms with Crippen molar-refractivity contribution in [2.75, 3.05) is 20.6 Å². The van der Waals surface area contributed by atoms with Gasteiger partial charge in [-0.1, -0.05) is 37.3 Å². The zero-order chi connectivity index (χ0) is 21.8. The summed E-state index contributed by atoms with van der Waals surface area (Å²) in [5, 5.41) is 5.56. The number of pyridine rings is 1. The lowest BCUT2D eigenvalue weighted by Crippen LogP contribution is -2.29. The van der Waals surface area contributed by atoms with Gasteiger partial charge in [0.05, 0.1) is 0 Å². The zero-order valence-corrected chi connectivity index (χ0v) is 18.9. The Labute approximate surface area is 181 Å². The molecule has 5 nitrogen and oxygen atoms in total. The number of aromatic nitrogens is 1. The van der Waals surface area contributed by atoms with E-state index in [1.54, 1.807) is 6.20 Å². The first-order chi connectivity index (χ1) is 14.6. The molecule has 0 aliphatic carbocycles. The van der Waals surface area contributed by atoms with E-state index in [0.29, 0.717) is 0 Å². The normalized spacial score (nSPS) is 13.1. The average molecular weight is 406 g/mol. The van der Waals surface area contributed by atoms with Gasteiger partial charge in [0.25, 0.3) is 0 Å². The van der Waals surface area contributed by atoms with E-state index in [0.717, 1.165) is 37.3 Å². The van der Waals surface area contributed by atoms with Crippen molar-refractivity contribution in [2.24, 2.45) is 4.99 Å². The van der Waals surface area contributed by atoms with Gasteiger partial charge >= 0.3 is 0 Å². The maximum atomic E-state index is 4.82. The molecule has 0 spiro atoms. The Bertz CT molecular complexity index is 868. The largest absolute Gasteiger partial charge is 0.370 e. The molecule has 0 aliphatic heterocycles. The summed E-state index contributed by atoms with van der Waals surface area (Å²) in [4.78, 5) is 9.00. The van der Waals surface area contributed by atoms with Gasteiger partial charge in [0.15, 0.2) is 0 Å². The van der Waals surface area contributed by atoms with Crippen LogP contribution < -0.4 is 10.7 Å². The van der Waals surface area contributed by atoms with Crippen LogP contribution in [0.2, 0.25) is 0 Å². The van der Waals surface area contributed by atoms with E-state index in [4.69, 9.17) is 4.99 Å². The van der Waals surface area contributed by atoms with Crippen LogP contribution in [0, 0.1) is 0 Å². The summed E-state index contributed by atoms with van der Waals surface area (Å²) in [5.41, 5.74) is 9.15. The molecule has 0 atom stereocenters. The van der Waals surface area contributed by atoms with Crippen LogP contribution >= 0.6 is 0 Å². The number of benzene rings is 1. The highest BCUT2D eigenvalue weighted by molar-refractivity contribution is 6.10. The molecular formula is C25H35N5. The van der Waals surface area contributed by atoms with Crippen LogP contribution in [0.5, 0.6) is 0 Å². The summed E-state index contributed by atoms with van der Waals surface area (Å²) < 4.78 is 0. The number of rotatable bonds is 11. The Morgan fingerprint density at radius 1 is 1.20 bits per heavy atom. The molecule has 2 N–H and O–H groups in total. The third-order valence-corrected chi connectivity index (χ3v) is 5.07. The second kappa shape index (κ2) is 12.7. The van der Waals surface area contributed by atoms with E-state index in [2.05, 4.69) is 77.9 Å². The summed E-state index contributed by atoms with van der Waals surface area (Å²) in [5.74, 6) is 0.951. The quantitative estimate of drug-likeness (QED) is 0.424. The molecule has 0 saturated carbocycles. The Morgan fingerprint density at radius 2 is 2.00 bits per heavy atom. The molecule has 0 aliphatic rings. The van der Waals surface area contributed by atoms with E-state index in [1.165, 1.54) is 22.3 Å². The van der Waals surface area contributed by atoms with E-state index in [-0.39, 0.29) is 0 Å². The minimum Gasteiger partial charge on any atom is -0.370 e. The second-order valence-corrected chi connectivity index (χ2v) is 7.30. The molecule has 0 fully saturated rings. The molecule has 30 heavy (non-hydrogen) atoms. The average Bonchev–Trinajstić information content (AvgIpc) is 2.78. The maximum Gasteiger partial charge on any atom is 0.124 e. The number of aliphatic imine (C=N–C) groups is 1. The minimum atomic E-state index is 0.826. The first kappa shape index (κ1) is 23.5. The molecule has 0 unspecified atom stereocenters. The lowest BCUT2D eigenvalue weighted by atomic mass is 10.0. The van der Waals surface area contributed by atoms with Gasteiger partial charge in [-0.3, -0.25) is 10.4 Å². The fraction of sp³-hybridized carbons (Fsp3) is 0.360. The van der Waals surface area contributed by atoms with Crippen LogP contribution in [-0.4, -0.2) is 36.8 Å². The summed E-state index contributed by atoms with van der Waals surface area (Å²) >= 11 is 0. The van der Waals surface area contributed by atoms with Gasteiger partial charge < -0.3 is 5.32 Å². The van der Waals surface area contributed by atoms with E-state index in [9.17, 15) is 0 Å². The van der Waals surface area contributed by atoms with Gasteiger partial charge in [-0.25, -0.2) is 10.0 Å². The molecule has 1 heterocycles. The van der Waals surface area contributed by atoms with Gasteiger partial charge in [0, 0.05) is 38.7 Å². The highest BCUT2D eigenvalue weighted by Gasteiger charge is 2.04. The standard InChI is InChI=1S/C25H35N5/c1-6-20(3)25(28-15-13-21-11-9-14-27-17-21)29-18-23(7-2)24-12-8-10-22(16-24)19-30(5)26-4/h7-12,14,16-18,26,28H,6,13,15,19H2,1-5H3/b23-7+,25-20+,29-18+. The molecule has 0 bridgehead atoms. The van der Waals surface area contributed by atoms with Gasteiger partial charge in [0.2, 0.25) is 0 Å². The van der Waals surface area contributed by atoms with Crippen molar-refractivity contribution in [3.8, 4) is 0 Å². The van der Waals surface area contributed by atoms with Gasteiger partial charge in [-0.2, -0.15) is 0 Å². The molecule has 2 rings (SSSR count). The number of nitrogens with one attached hydrogen (secondary N) is 2. The van der Waals surface area contributed by atoms with Crippen molar-refractivity contribution < 1.29 is 0 Å². The third-order valence-electron chi connectivity index (χ3n) is 5.07. The summed E-state index contributed by atoms with van der Waals surface area (Å²) in [6.45, 7) is 8.01. The van der Waals surface area contributed by atoms with E-state index >= 15 is 0 Å².